The lowest BCUT2D eigenvalue weighted by Crippen LogP contribution is -2.51. The topological polar surface area (TPSA) is 84.2 Å². The third kappa shape index (κ3) is 2.99. The van der Waals surface area contributed by atoms with Crippen molar-refractivity contribution in [2.24, 2.45) is 0 Å². The van der Waals surface area contributed by atoms with Gasteiger partial charge in [-0.05, 0) is 13.8 Å². The summed E-state index contributed by atoms with van der Waals surface area (Å²) >= 11 is 1.40. The number of hydrogen-bond acceptors (Lipinski definition) is 6. The average Bonchev–Trinajstić information content (AvgIpc) is 2.96. The van der Waals surface area contributed by atoms with Crippen molar-refractivity contribution in [2.75, 3.05) is 32.8 Å². The van der Waals surface area contributed by atoms with Gasteiger partial charge in [-0.2, -0.15) is 0 Å². The zero-order chi connectivity index (χ0) is 17.3. The summed E-state index contributed by atoms with van der Waals surface area (Å²) in [6, 6.07) is 0. The van der Waals surface area contributed by atoms with Crippen molar-refractivity contribution < 1.29 is 14.3 Å². The van der Waals surface area contributed by atoms with Crippen molar-refractivity contribution >= 4 is 28.3 Å². The fourth-order valence-electron chi connectivity index (χ4n) is 2.62. The monoisotopic (exact) mass is 350 g/mol. The lowest BCUT2D eigenvalue weighted by atomic mass is 10.2. The van der Waals surface area contributed by atoms with E-state index in [1.807, 2.05) is 6.92 Å². The molecule has 1 aliphatic heterocycles. The lowest BCUT2D eigenvalue weighted by Gasteiger charge is -2.33. The van der Waals surface area contributed by atoms with Crippen molar-refractivity contribution in [1.29, 1.82) is 0 Å². The number of fused-ring (bicyclic) bond motifs is 1. The summed E-state index contributed by atoms with van der Waals surface area (Å²) in [6.45, 7) is 5.46. The molecule has 9 heteroatoms. The number of nitrogens with zero attached hydrogens (tertiary/aromatic N) is 4. The Morgan fingerprint density at radius 1 is 1.25 bits per heavy atom. The first kappa shape index (κ1) is 16.4. The van der Waals surface area contributed by atoms with Gasteiger partial charge >= 0.3 is 6.09 Å². The molecule has 3 heterocycles. The number of carbonyl (C=O) groups excluding carboxylic acids is 2. The zero-order valence-corrected chi connectivity index (χ0v) is 14.3. The molecule has 2 aromatic heterocycles. The molecule has 1 fully saturated rings. The standard InChI is InChI=1S/C15H18N4O4S/c1-3-23-15(22)18-6-4-17(5-7-18)12(20)11-8-16-14-19(13(11)21)9-10(2)24-14/h8-9H,3-7H2,1-2H3. The number of aryl methyl sites for hydroxylation is 1. The molecule has 0 N–H and O–H groups in total. The molecule has 8 nitrogen and oxygen atoms in total. The van der Waals surface area contributed by atoms with Crippen molar-refractivity contribution in [3.05, 3.63) is 33.2 Å². The van der Waals surface area contributed by atoms with Gasteiger partial charge in [0.1, 0.15) is 5.56 Å². The SMILES string of the molecule is CCOC(=O)N1CCN(C(=O)c2cnc3sc(C)cn3c2=O)CC1. The van der Waals surface area contributed by atoms with E-state index < -0.39 is 0 Å². The highest BCUT2D eigenvalue weighted by Crippen LogP contribution is 2.13. The Labute approximate surface area is 142 Å². The molecule has 0 aromatic carbocycles. The molecule has 0 bridgehead atoms. The van der Waals surface area contributed by atoms with Crippen LogP contribution in [0.5, 0.6) is 0 Å². The van der Waals surface area contributed by atoms with E-state index in [0.717, 1.165) is 4.88 Å². The molecule has 1 aliphatic rings. The van der Waals surface area contributed by atoms with E-state index in [9.17, 15) is 14.4 Å². The second-order valence-electron chi connectivity index (χ2n) is 5.45. The number of ether oxygens (including phenoxy) is 1. The van der Waals surface area contributed by atoms with Crippen LogP contribution in [0.1, 0.15) is 22.2 Å². The van der Waals surface area contributed by atoms with E-state index in [0.29, 0.717) is 37.7 Å². The van der Waals surface area contributed by atoms with Crippen LogP contribution in [0.4, 0.5) is 4.79 Å². The van der Waals surface area contributed by atoms with Gasteiger partial charge in [-0.15, -0.1) is 11.3 Å². The molecule has 1 saturated heterocycles. The number of carbonyl (C=O) groups is 2. The van der Waals surface area contributed by atoms with Gasteiger partial charge in [0.25, 0.3) is 11.5 Å². The van der Waals surface area contributed by atoms with Gasteiger partial charge in [-0.1, -0.05) is 0 Å². The third-order valence-corrected chi connectivity index (χ3v) is 4.76. The number of amides is 2. The van der Waals surface area contributed by atoms with Gasteiger partial charge in [0.05, 0.1) is 6.61 Å². The number of piperazine rings is 1. The first-order chi connectivity index (χ1) is 11.5. The fraction of sp³-hybridized carbons (Fsp3) is 0.467. The highest BCUT2D eigenvalue weighted by molar-refractivity contribution is 7.16. The van der Waals surface area contributed by atoms with Crippen molar-refractivity contribution in [2.45, 2.75) is 13.8 Å². The van der Waals surface area contributed by atoms with E-state index in [-0.39, 0.29) is 23.1 Å². The van der Waals surface area contributed by atoms with Gasteiger partial charge in [-0.25, -0.2) is 9.78 Å². The predicted molar refractivity (Wildman–Crippen MR) is 88.6 cm³/mol. The summed E-state index contributed by atoms with van der Waals surface area (Å²) in [5.41, 5.74) is -0.308. The lowest BCUT2D eigenvalue weighted by molar-refractivity contribution is 0.0568. The van der Waals surface area contributed by atoms with Crippen LogP contribution >= 0.6 is 11.3 Å². The van der Waals surface area contributed by atoms with Crippen LogP contribution in [-0.4, -0.2) is 64.0 Å². The summed E-state index contributed by atoms with van der Waals surface area (Å²) in [7, 11) is 0. The molecule has 24 heavy (non-hydrogen) atoms. The van der Waals surface area contributed by atoms with E-state index in [2.05, 4.69) is 4.98 Å². The summed E-state index contributed by atoms with van der Waals surface area (Å²) < 4.78 is 6.36. The Morgan fingerprint density at radius 2 is 1.92 bits per heavy atom. The molecule has 0 aliphatic carbocycles. The molecule has 3 rings (SSSR count). The number of thiazole rings is 1. The quantitative estimate of drug-likeness (QED) is 0.806. The van der Waals surface area contributed by atoms with Crippen LogP contribution < -0.4 is 5.56 Å². The minimum Gasteiger partial charge on any atom is -0.450 e. The summed E-state index contributed by atoms with van der Waals surface area (Å²) in [6.07, 6.45) is 2.65. The van der Waals surface area contributed by atoms with Crippen LogP contribution in [0.3, 0.4) is 0 Å². The maximum atomic E-state index is 12.6. The molecule has 2 aromatic rings. The average molecular weight is 350 g/mol. The van der Waals surface area contributed by atoms with Crippen LogP contribution in [0.25, 0.3) is 4.96 Å². The zero-order valence-electron chi connectivity index (χ0n) is 13.5. The molecule has 0 unspecified atom stereocenters. The van der Waals surface area contributed by atoms with E-state index >= 15 is 0 Å². The number of hydrogen-bond donors (Lipinski definition) is 0. The van der Waals surface area contributed by atoms with Gasteiger partial charge in [0.15, 0.2) is 4.96 Å². The predicted octanol–water partition coefficient (Wildman–Crippen LogP) is 0.979. The first-order valence-corrected chi connectivity index (χ1v) is 8.51. The Balaban J connectivity index is 1.75. The second-order valence-corrected chi connectivity index (χ2v) is 6.66. The maximum Gasteiger partial charge on any atom is 0.409 e. The highest BCUT2D eigenvalue weighted by Gasteiger charge is 2.27. The van der Waals surface area contributed by atoms with Crippen LogP contribution in [0, 0.1) is 6.92 Å². The minimum atomic E-state index is -0.374. The number of aromatic nitrogens is 2. The fourth-order valence-corrected chi connectivity index (χ4v) is 3.40. The Hall–Kier alpha value is -2.42. The van der Waals surface area contributed by atoms with E-state index in [1.54, 1.807) is 22.9 Å². The molecule has 128 valence electrons. The molecule has 0 radical (unpaired) electrons. The van der Waals surface area contributed by atoms with Crippen LogP contribution in [0.15, 0.2) is 17.2 Å². The highest BCUT2D eigenvalue weighted by atomic mass is 32.1. The Morgan fingerprint density at radius 3 is 2.58 bits per heavy atom. The normalized spacial score (nSPS) is 14.9. The van der Waals surface area contributed by atoms with Gasteiger partial charge in [0.2, 0.25) is 0 Å². The molecule has 0 spiro atoms. The second kappa shape index (κ2) is 6.60. The summed E-state index contributed by atoms with van der Waals surface area (Å²) in [5.74, 6) is -0.353. The molecular weight excluding hydrogens is 332 g/mol. The largest absolute Gasteiger partial charge is 0.450 e. The van der Waals surface area contributed by atoms with Crippen LogP contribution in [-0.2, 0) is 4.74 Å². The maximum absolute atomic E-state index is 12.6. The molecule has 0 atom stereocenters. The van der Waals surface area contributed by atoms with Crippen LogP contribution in [0.2, 0.25) is 0 Å². The number of rotatable bonds is 2. The molecular formula is C15H18N4O4S. The van der Waals surface area contributed by atoms with E-state index in [4.69, 9.17) is 4.74 Å². The van der Waals surface area contributed by atoms with Crippen molar-refractivity contribution in [1.82, 2.24) is 19.2 Å². The van der Waals surface area contributed by atoms with Gasteiger partial charge in [0, 0.05) is 43.4 Å². The summed E-state index contributed by atoms with van der Waals surface area (Å²) in [5, 5.41) is 0. The van der Waals surface area contributed by atoms with Crippen molar-refractivity contribution in [3.63, 3.8) is 0 Å². The summed E-state index contributed by atoms with van der Waals surface area (Å²) in [4.78, 5) is 45.6. The smallest absolute Gasteiger partial charge is 0.409 e. The molecule has 2 amide bonds. The van der Waals surface area contributed by atoms with E-state index in [1.165, 1.54) is 21.9 Å². The minimum absolute atomic E-state index is 0.0508. The molecule has 0 saturated carbocycles. The third-order valence-electron chi connectivity index (χ3n) is 3.85. The van der Waals surface area contributed by atoms with Crippen molar-refractivity contribution in [3.8, 4) is 0 Å². The van der Waals surface area contributed by atoms with Gasteiger partial charge in [-0.3, -0.25) is 14.0 Å². The van der Waals surface area contributed by atoms with Gasteiger partial charge < -0.3 is 14.5 Å². The Kier molecular flexibility index (Phi) is 4.52. The first-order valence-electron chi connectivity index (χ1n) is 7.70. The Bertz CT molecular complexity index is 836.